The number of ether oxygens (including phenoxy) is 2. The van der Waals surface area contributed by atoms with Gasteiger partial charge in [-0.25, -0.2) is 9.59 Å². The van der Waals surface area contributed by atoms with Crippen molar-refractivity contribution in [2.24, 2.45) is 0 Å². The number of amides is 2. The topological polar surface area (TPSA) is 59.1 Å². The Balaban J connectivity index is 2.71. The molecule has 1 fully saturated rings. The van der Waals surface area contributed by atoms with E-state index in [1.165, 1.54) is 22.0 Å². The Kier molecular flexibility index (Phi) is 7.22. The summed E-state index contributed by atoms with van der Waals surface area (Å²) in [7, 11) is 1.60. The van der Waals surface area contributed by atoms with Gasteiger partial charge in [-0.05, 0) is 18.4 Å². The second-order valence-corrected chi connectivity index (χ2v) is 6.00. The van der Waals surface area contributed by atoms with E-state index in [-0.39, 0.29) is 19.8 Å². The number of hydrogen-bond donors (Lipinski definition) is 1. The first-order valence-corrected chi connectivity index (χ1v) is 7.76. The smallest absolute Gasteiger partial charge is 0.411 e. The van der Waals surface area contributed by atoms with E-state index >= 15 is 0 Å². The third-order valence-corrected chi connectivity index (χ3v) is 4.31. The molecule has 1 unspecified atom stereocenters. The maximum Gasteiger partial charge on any atom is 0.411 e. The summed E-state index contributed by atoms with van der Waals surface area (Å²) >= 11 is 4.65. The molecule has 6 nitrogen and oxygen atoms in total. The summed E-state index contributed by atoms with van der Waals surface area (Å²) in [5.41, 5.74) is 0.631. The van der Waals surface area contributed by atoms with E-state index in [1.54, 1.807) is 7.05 Å². The number of carbonyl (C=O) groups excluding carboxylic acids is 2. The molecule has 1 rings (SSSR count). The quantitative estimate of drug-likeness (QED) is 0.572. The number of rotatable bonds is 7. The molecule has 1 heterocycles. The van der Waals surface area contributed by atoms with Gasteiger partial charge in [-0.15, -0.1) is 12.6 Å². The van der Waals surface area contributed by atoms with Crippen LogP contribution in [0.2, 0.25) is 0 Å². The predicted octanol–water partition coefficient (Wildman–Crippen LogP) is 2.84. The van der Waals surface area contributed by atoms with Crippen molar-refractivity contribution in [3.8, 4) is 0 Å². The zero-order valence-electron chi connectivity index (χ0n) is 13.5. The Hall–Kier alpha value is -1.89. The van der Waals surface area contributed by atoms with Crippen LogP contribution in [0.5, 0.6) is 0 Å². The minimum absolute atomic E-state index is 0.138. The molecule has 0 radical (unpaired) electrons. The van der Waals surface area contributed by atoms with Crippen molar-refractivity contribution < 1.29 is 19.1 Å². The molecular weight excluding hydrogens is 316 g/mol. The number of thiol groups is 1. The van der Waals surface area contributed by atoms with Gasteiger partial charge in [0, 0.05) is 20.1 Å². The largest absolute Gasteiger partial charge is 0.445 e. The zero-order valence-corrected chi connectivity index (χ0v) is 14.4. The minimum Gasteiger partial charge on any atom is -0.445 e. The van der Waals surface area contributed by atoms with E-state index in [1.807, 2.05) is 0 Å². The number of likely N-dealkylation sites (tertiary alicyclic amines) is 1. The maximum absolute atomic E-state index is 12.1. The van der Waals surface area contributed by atoms with E-state index in [9.17, 15) is 9.59 Å². The van der Waals surface area contributed by atoms with Crippen LogP contribution in [-0.2, 0) is 9.47 Å². The Labute approximate surface area is 142 Å². The lowest BCUT2D eigenvalue weighted by Gasteiger charge is -2.36. The lowest BCUT2D eigenvalue weighted by molar-refractivity contribution is 0.105. The van der Waals surface area contributed by atoms with Crippen LogP contribution in [0.4, 0.5) is 9.59 Å². The lowest BCUT2D eigenvalue weighted by Crippen LogP contribution is -2.47. The number of carbonyl (C=O) groups is 2. The van der Waals surface area contributed by atoms with Crippen molar-refractivity contribution in [1.82, 2.24) is 9.80 Å². The average molecular weight is 340 g/mol. The van der Waals surface area contributed by atoms with Crippen LogP contribution in [-0.4, -0.2) is 60.2 Å². The first kappa shape index (κ1) is 19.2. The molecule has 0 spiro atoms. The molecule has 0 bridgehead atoms. The molecule has 0 saturated carbocycles. The van der Waals surface area contributed by atoms with E-state index in [4.69, 9.17) is 9.47 Å². The fraction of sp³-hybridized carbons (Fsp3) is 0.500. The molecule has 0 aromatic rings. The monoisotopic (exact) mass is 340 g/mol. The highest BCUT2D eigenvalue weighted by Gasteiger charge is 2.44. The highest BCUT2D eigenvalue weighted by atomic mass is 32.1. The van der Waals surface area contributed by atoms with Crippen molar-refractivity contribution in [3.05, 3.63) is 37.5 Å². The van der Waals surface area contributed by atoms with Gasteiger partial charge in [-0.3, -0.25) is 4.90 Å². The van der Waals surface area contributed by atoms with Gasteiger partial charge in [0.1, 0.15) is 18.1 Å². The third kappa shape index (κ3) is 4.79. The van der Waals surface area contributed by atoms with Crippen molar-refractivity contribution >= 4 is 24.8 Å². The molecule has 2 amide bonds. The molecule has 1 aliphatic rings. The number of hydrogen-bond acceptors (Lipinski definition) is 5. The minimum atomic E-state index is -0.842. The molecule has 1 saturated heterocycles. The highest BCUT2D eigenvalue weighted by molar-refractivity contribution is 7.82. The molecule has 0 aromatic heterocycles. The van der Waals surface area contributed by atoms with E-state index in [0.717, 1.165) is 6.42 Å². The predicted molar refractivity (Wildman–Crippen MR) is 92.5 cm³/mol. The average Bonchev–Trinajstić information content (AvgIpc) is 2.93. The normalized spacial score (nSPS) is 19.8. The van der Waals surface area contributed by atoms with Crippen LogP contribution in [0.25, 0.3) is 0 Å². The van der Waals surface area contributed by atoms with Gasteiger partial charge < -0.3 is 14.4 Å². The molecule has 1 aliphatic heterocycles. The van der Waals surface area contributed by atoms with Gasteiger partial charge in [0.2, 0.25) is 0 Å². The summed E-state index contributed by atoms with van der Waals surface area (Å²) in [6, 6.07) is 0. The van der Waals surface area contributed by atoms with Crippen LogP contribution in [0.15, 0.2) is 37.5 Å². The van der Waals surface area contributed by atoms with Gasteiger partial charge in [-0.2, -0.15) is 0 Å². The van der Waals surface area contributed by atoms with Gasteiger partial charge >= 0.3 is 12.2 Å². The summed E-state index contributed by atoms with van der Waals surface area (Å²) in [5, 5.41) is 0. The van der Waals surface area contributed by atoms with Crippen LogP contribution in [0, 0.1) is 0 Å². The Bertz CT molecular complexity index is 494. The Morgan fingerprint density at radius 3 is 2.52 bits per heavy atom. The second-order valence-electron chi connectivity index (χ2n) is 5.26. The summed E-state index contributed by atoms with van der Waals surface area (Å²) in [4.78, 5) is 26.0. The molecule has 1 atom stereocenters. The Morgan fingerprint density at radius 1 is 1.30 bits per heavy atom. The van der Waals surface area contributed by atoms with Gasteiger partial charge in [0.25, 0.3) is 0 Å². The standard InChI is InChI=1S/C16H24N2O4S/c1-5-10-21-14(19)17(4)12-13(3)16(23)8-7-9-18(16)15(20)22-11-6-2/h5-6,23H,1-3,7-12H2,4H3. The molecule has 128 valence electrons. The maximum atomic E-state index is 12.1. The fourth-order valence-electron chi connectivity index (χ4n) is 2.34. The van der Waals surface area contributed by atoms with Crippen molar-refractivity contribution in [2.75, 3.05) is 33.4 Å². The summed E-state index contributed by atoms with van der Waals surface area (Å²) < 4.78 is 10.1. The Morgan fingerprint density at radius 2 is 1.91 bits per heavy atom. The highest BCUT2D eigenvalue weighted by Crippen LogP contribution is 2.39. The molecule has 0 aliphatic carbocycles. The first-order chi connectivity index (χ1) is 10.9. The fourth-order valence-corrected chi connectivity index (χ4v) is 2.75. The summed E-state index contributed by atoms with van der Waals surface area (Å²) in [6.07, 6.45) is 3.49. The summed E-state index contributed by atoms with van der Waals surface area (Å²) in [6.45, 7) is 12.1. The molecule has 0 aromatic carbocycles. The van der Waals surface area contributed by atoms with E-state index < -0.39 is 17.1 Å². The summed E-state index contributed by atoms with van der Waals surface area (Å²) in [5.74, 6) is 0. The molecule has 23 heavy (non-hydrogen) atoms. The zero-order chi connectivity index (χ0) is 17.5. The van der Waals surface area contributed by atoms with Gasteiger partial charge in [0.15, 0.2) is 0 Å². The van der Waals surface area contributed by atoms with Crippen LogP contribution in [0.1, 0.15) is 12.8 Å². The number of nitrogens with zero attached hydrogens (tertiary/aromatic N) is 2. The molecule has 7 heteroatoms. The third-order valence-electron chi connectivity index (χ3n) is 3.53. The van der Waals surface area contributed by atoms with E-state index in [2.05, 4.69) is 32.4 Å². The van der Waals surface area contributed by atoms with Gasteiger partial charge in [-0.1, -0.05) is 31.9 Å². The SMILES string of the molecule is C=CCOC(=O)N(C)CC(=C)C1(S)CCCN1C(=O)OCC=C. The second kappa shape index (κ2) is 8.67. The molecular formula is C16H24N2O4S. The van der Waals surface area contributed by atoms with E-state index in [0.29, 0.717) is 18.5 Å². The van der Waals surface area contributed by atoms with Crippen molar-refractivity contribution in [3.63, 3.8) is 0 Å². The van der Waals surface area contributed by atoms with Crippen molar-refractivity contribution in [2.45, 2.75) is 17.7 Å². The van der Waals surface area contributed by atoms with Crippen molar-refractivity contribution in [1.29, 1.82) is 0 Å². The lowest BCUT2D eigenvalue weighted by atomic mass is 10.1. The number of likely N-dealkylation sites (N-methyl/N-ethyl adjacent to an activating group) is 1. The molecule has 0 N–H and O–H groups in total. The van der Waals surface area contributed by atoms with Crippen LogP contribution in [0.3, 0.4) is 0 Å². The first-order valence-electron chi connectivity index (χ1n) is 7.31. The van der Waals surface area contributed by atoms with Gasteiger partial charge in [0.05, 0.1) is 0 Å². The van der Waals surface area contributed by atoms with Crippen LogP contribution >= 0.6 is 12.6 Å². The van der Waals surface area contributed by atoms with Crippen LogP contribution < -0.4 is 0 Å².